The number of carbonyl (C=O) groups excluding carboxylic acids is 1. The number of anilines is 1. The minimum atomic E-state index is -0.498. The Balaban J connectivity index is 1.57. The second-order valence-corrected chi connectivity index (χ2v) is 7.84. The third kappa shape index (κ3) is 4.56. The highest BCUT2D eigenvalue weighted by Crippen LogP contribution is 2.24. The Kier molecular flexibility index (Phi) is 6.07. The minimum Gasteiger partial charge on any atom is -0.343 e. The van der Waals surface area contributed by atoms with Gasteiger partial charge in [-0.05, 0) is 72.2 Å². The van der Waals surface area contributed by atoms with Crippen molar-refractivity contribution in [3.63, 3.8) is 0 Å². The first kappa shape index (κ1) is 21.4. The maximum atomic E-state index is 13.5. The van der Waals surface area contributed by atoms with Crippen LogP contribution in [0.25, 0.3) is 17.0 Å². The number of aromatic nitrogens is 1. The monoisotopic (exact) mass is 443 g/mol. The molecule has 3 aromatic carbocycles. The van der Waals surface area contributed by atoms with Crippen LogP contribution in [0.3, 0.4) is 0 Å². The topological polar surface area (TPSA) is 57.8 Å². The molecule has 0 aliphatic heterocycles. The van der Waals surface area contributed by atoms with Gasteiger partial charge in [0.1, 0.15) is 17.5 Å². The maximum Gasteiger partial charge on any atom is 0.266 e. The molecule has 158 valence electrons. The molecule has 0 bridgehead atoms. The molecule has 1 aromatic heterocycles. The van der Waals surface area contributed by atoms with Crippen LogP contribution >= 0.6 is 11.6 Å². The second-order valence-electron chi connectivity index (χ2n) is 7.43. The Labute approximate surface area is 190 Å². The molecule has 0 aliphatic carbocycles. The lowest BCUT2D eigenvalue weighted by atomic mass is 10.1. The van der Waals surface area contributed by atoms with E-state index in [1.807, 2.05) is 47.2 Å². The molecule has 0 saturated carbocycles. The van der Waals surface area contributed by atoms with Crippen LogP contribution in [-0.2, 0) is 11.3 Å². The number of benzene rings is 3. The van der Waals surface area contributed by atoms with E-state index in [4.69, 9.17) is 11.6 Å². The molecule has 0 atom stereocenters. The standard InChI is InChI=1S/C26H19ClFN3O/c1-17-23(27)6-3-7-24(17)30-26(32)21(15-29)13-18-8-9-25-20(12-18)10-11-31(25)16-19-4-2-5-22(28)14-19/h2-14H,16H2,1H3,(H,30,32)/b21-13+. The fourth-order valence-electron chi connectivity index (χ4n) is 3.53. The van der Waals surface area contributed by atoms with Gasteiger partial charge < -0.3 is 9.88 Å². The summed E-state index contributed by atoms with van der Waals surface area (Å²) < 4.78 is 15.5. The molecule has 32 heavy (non-hydrogen) atoms. The van der Waals surface area contributed by atoms with Crippen molar-refractivity contribution >= 4 is 40.2 Å². The molecule has 0 fully saturated rings. The molecule has 4 nitrogen and oxygen atoms in total. The third-order valence-corrected chi connectivity index (χ3v) is 5.64. The van der Waals surface area contributed by atoms with Crippen molar-refractivity contribution in [1.29, 1.82) is 5.26 Å². The first-order valence-electron chi connectivity index (χ1n) is 9.96. The summed E-state index contributed by atoms with van der Waals surface area (Å²) in [7, 11) is 0. The Morgan fingerprint density at radius 2 is 1.97 bits per heavy atom. The van der Waals surface area contributed by atoms with E-state index in [-0.39, 0.29) is 11.4 Å². The van der Waals surface area contributed by atoms with Gasteiger partial charge in [0, 0.05) is 34.4 Å². The summed E-state index contributed by atoms with van der Waals surface area (Å²) in [4.78, 5) is 12.6. The second kappa shape index (κ2) is 9.09. The molecule has 0 radical (unpaired) electrons. The van der Waals surface area contributed by atoms with Crippen LogP contribution in [0.4, 0.5) is 10.1 Å². The number of nitrogens with one attached hydrogen (secondary N) is 1. The Morgan fingerprint density at radius 1 is 1.16 bits per heavy atom. The summed E-state index contributed by atoms with van der Waals surface area (Å²) in [6, 6.07) is 21.3. The van der Waals surface area contributed by atoms with Gasteiger partial charge >= 0.3 is 0 Å². The lowest BCUT2D eigenvalue weighted by Gasteiger charge is -2.09. The van der Waals surface area contributed by atoms with E-state index in [1.54, 1.807) is 37.3 Å². The van der Waals surface area contributed by atoms with Crippen LogP contribution in [0, 0.1) is 24.1 Å². The Bertz CT molecular complexity index is 1400. The van der Waals surface area contributed by atoms with E-state index in [9.17, 15) is 14.4 Å². The van der Waals surface area contributed by atoms with Gasteiger partial charge in [0.2, 0.25) is 0 Å². The van der Waals surface area contributed by atoms with Crippen molar-refractivity contribution in [1.82, 2.24) is 4.57 Å². The Hall–Kier alpha value is -3.88. The van der Waals surface area contributed by atoms with E-state index < -0.39 is 5.91 Å². The number of fused-ring (bicyclic) bond motifs is 1. The van der Waals surface area contributed by atoms with Crippen LogP contribution < -0.4 is 5.32 Å². The van der Waals surface area contributed by atoms with Gasteiger partial charge in [0.05, 0.1) is 0 Å². The first-order chi connectivity index (χ1) is 15.4. The summed E-state index contributed by atoms with van der Waals surface area (Å²) in [6.45, 7) is 2.34. The molecule has 0 saturated heterocycles. The van der Waals surface area contributed by atoms with Crippen molar-refractivity contribution in [3.05, 3.63) is 106 Å². The molecule has 0 unspecified atom stereocenters. The molecular weight excluding hydrogens is 425 g/mol. The zero-order valence-electron chi connectivity index (χ0n) is 17.3. The summed E-state index contributed by atoms with van der Waals surface area (Å²) in [5.41, 5.74) is 3.86. The number of amides is 1. The Morgan fingerprint density at radius 3 is 2.75 bits per heavy atom. The zero-order chi connectivity index (χ0) is 22.7. The summed E-state index contributed by atoms with van der Waals surface area (Å²) in [5.74, 6) is -0.761. The molecule has 1 heterocycles. The van der Waals surface area contributed by atoms with Gasteiger partial charge in [-0.3, -0.25) is 4.79 Å². The summed E-state index contributed by atoms with van der Waals surface area (Å²) >= 11 is 6.11. The van der Waals surface area contributed by atoms with Gasteiger partial charge in [0.15, 0.2) is 0 Å². The lowest BCUT2D eigenvalue weighted by Crippen LogP contribution is -2.14. The lowest BCUT2D eigenvalue weighted by molar-refractivity contribution is -0.112. The van der Waals surface area contributed by atoms with Gasteiger partial charge in [-0.15, -0.1) is 0 Å². The zero-order valence-corrected chi connectivity index (χ0v) is 18.0. The van der Waals surface area contributed by atoms with Crippen molar-refractivity contribution in [2.24, 2.45) is 0 Å². The first-order valence-corrected chi connectivity index (χ1v) is 10.3. The number of halogens is 2. The van der Waals surface area contributed by atoms with E-state index in [0.717, 1.165) is 27.6 Å². The summed E-state index contributed by atoms with van der Waals surface area (Å²) in [6.07, 6.45) is 3.49. The van der Waals surface area contributed by atoms with E-state index in [0.29, 0.717) is 17.3 Å². The van der Waals surface area contributed by atoms with Crippen LogP contribution in [-0.4, -0.2) is 10.5 Å². The average Bonchev–Trinajstić information content (AvgIpc) is 3.17. The third-order valence-electron chi connectivity index (χ3n) is 5.23. The molecule has 0 aliphatic rings. The molecule has 4 aromatic rings. The van der Waals surface area contributed by atoms with Gasteiger partial charge in [-0.1, -0.05) is 35.9 Å². The maximum absolute atomic E-state index is 13.5. The fourth-order valence-corrected chi connectivity index (χ4v) is 3.70. The molecule has 0 spiro atoms. The van der Waals surface area contributed by atoms with Crippen LogP contribution in [0.2, 0.25) is 5.02 Å². The fraction of sp³-hybridized carbons (Fsp3) is 0.0769. The number of nitriles is 1. The molecule has 1 N–H and O–H groups in total. The molecular formula is C26H19ClFN3O. The van der Waals surface area contributed by atoms with Crippen LogP contribution in [0.1, 0.15) is 16.7 Å². The van der Waals surface area contributed by atoms with Gasteiger partial charge in [-0.25, -0.2) is 4.39 Å². The van der Waals surface area contributed by atoms with Crippen LogP contribution in [0.5, 0.6) is 0 Å². The van der Waals surface area contributed by atoms with Crippen molar-refractivity contribution in [2.45, 2.75) is 13.5 Å². The van der Waals surface area contributed by atoms with E-state index in [2.05, 4.69) is 5.32 Å². The summed E-state index contributed by atoms with van der Waals surface area (Å²) in [5, 5.41) is 13.8. The number of carbonyl (C=O) groups is 1. The number of rotatable bonds is 5. The molecule has 4 rings (SSSR count). The van der Waals surface area contributed by atoms with E-state index >= 15 is 0 Å². The predicted molar refractivity (Wildman–Crippen MR) is 126 cm³/mol. The van der Waals surface area contributed by atoms with Gasteiger partial charge in [0.25, 0.3) is 5.91 Å². The molecule has 1 amide bonds. The van der Waals surface area contributed by atoms with Crippen molar-refractivity contribution < 1.29 is 9.18 Å². The highest BCUT2D eigenvalue weighted by atomic mass is 35.5. The SMILES string of the molecule is Cc1c(Cl)cccc1NC(=O)/C(C#N)=C/c1ccc2c(ccn2Cc2cccc(F)c2)c1. The number of hydrogen-bond donors (Lipinski definition) is 1. The van der Waals surface area contributed by atoms with Gasteiger partial charge in [-0.2, -0.15) is 5.26 Å². The molecule has 6 heteroatoms. The van der Waals surface area contributed by atoms with Crippen LogP contribution in [0.15, 0.2) is 78.5 Å². The number of hydrogen-bond acceptors (Lipinski definition) is 2. The highest BCUT2D eigenvalue weighted by Gasteiger charge is 2.12. The largest absolute Gasteiger partial charge is 0.343 e. The van der Waals surface area contributed by atoms with Crippen molar-refractivity contribution in [3.8, 4) is 6.07 Å². The smallest absolute Gasteiger partial charge is 0.266 e. The quantitative estimate of drug-likeness (QED) is 0.289. The minimum absolute atomic E-state index is 0.0112. The van der Waals surface area contributed by atoms with E-state index in [1.165, 1.54) is 12.1 Å². The average molecular weight is 444 g/mol. The predicted octanol–water partition coefficient (Wildman–Crippen LogP) is 6.34. The van der Waals surface area contributed by atoms with Crippen molar-refractivity contribution in [2.75, 3.05) is 5.32 Å². The highest BCUT2D eigenvalue weighted by molar-refractivity contribution is 6.31. The normalized spacial score (nSPS) is 11.4. The number of nitrogens with zero attached hydrogens (tertiary/aromatic N) is 2.